The van der Waals surface area contributed by atoms with Gasteiger partial charge in [-0.25, -0.2) is 0 Å². The van der Waals surface area contributed by atoms with E-state index in [-0.39, 0.29) is 0 Å². The average molecular weight is 404 g/mol. The molecule has 0 amide bonds. The summed E-state index contributed by atoms with van der Waals surface area (Å²) in [5.41, 5.74) is 6.41. The van der Waals surface area contributed by atoms with Crippen molar-refractivity contribution in [3.63, 3.8) is 0 Å². The van der Waals surface area contributed by atoms with Crippen molar-refractivity contribution >= 4 is 38.9 Å². The zero-order chi connectivity index (χ0) is 17.3. The SMILES string of the molecule is CC(CNC(=S)Nc1ccc2c(c1)Cc1cc(Br)ccc1-2)N(C)C. The van der Waals surface area contributed by atoms with Gasteiger partial charge in [-0.15, -0.1) is 0 Å². The summed E-state index contributed by atoms with van der Waals surface area (Å²) in [6.45, 7) is 2.99. The number of hydrogen-bond donors (Lipinski definition) is 2. The van der Waals surface area contributed by atoms with Crippen LogP contribution in [0.5, 0.6) is 0 Å². The van der Waals surface area contributed by atoms with Gasteiger partial charge >= 0.3 is 0 Å². The summed E-state index contributed by atoms with van der Waals surface area (Å²) < 4.78 is 1.13. The molecule has 0 heterocycles. The fourth-order valence-corrected chi connectivity index (χ4v) is 3.46. The number of hydrogen-bond acceptors (Lipinski definition) is 2. The van der Waals surface area contributed by atoms with Gasteiger partial charge in [-0.2, -0.15) is 0 Å². The summed E-state index contributed by atoms with van der Waals surface area (Å²) in [6.07, 6.45) is 0.970. The molecule has 0 aliphatic heterocycles. The molecule has 1 unspecified atom stereocenters. The summed E-state index contributed by atoms with van der Waals surface area (Å²) >= 11 is 8.96. The van der Waals surface area contributed by atoms with Gasteiger partial charge in [0.25, 0.3) is 0 Å². The first-order valence-corrected chi connectivity index (χ1v) is 9.27. The maximum atomic E-state index is 5.41. The Hall–Kier alpha value is -1.43. The summed E-state index contributed by atoms with van der Waals surface area (Å²) in [6, 6.07) is 13.4. The molecule has 0 saturated heterocycles. The summed E-state index contributed by atoms with van der Waals surface area (Å²) in [5.74, 6) is 0. The molecule has 5 heteroatoms. The van der Waals surface area contributed by atoms with Crippen LogP contribution in [-0.4, -0.2) is 36.7 Å². The van der Waals surface area contributed by atoms with Crippen molar-refractivity contribution in [2.75, 3.05) is 26.0 Å². The smallest absolute Gasteiger partial charge is 0.170 e. The Labute approximate surface area is 157 Å². The monoisotopic (exact) mass is 403 g/mol. The predicted octanol–water partition coefficient (Wildman–Crippen LogP) is 4.26. The first kappa shape index (κ1) is 17.4. The van der Waals surface area contributed by atoms with Crippen LogP contribution in [0.1, 0.15) is 18.1 Å². The van der Waals surface area contributed by atoms with Crippen LogP contribution in [0.2, 0.25) is 0 Å². The van der Waals surface area contributed by atoms with Crippen LogP contribution in [0.15, 0.2) is 40.9 Å². The zero-order valence-electron chi connectivity index (χ0n) is 14.2. The van der Waals surface area contributed by atoms with Crippen molar-refractivity contribution in [2.24, 2.45) is 0 Å². The second-order valence-corrected chi connectivity index (χ2v) is 7.82. The largest absolute Gasteiger partial charge is 0.361 e. The van der Waals surface area contributed by atoms with Gasteiger partial charge in [0.1, 0.15) is 0 Å². The lowest BCUT2D eigenvalue weighted by atomic mass is 10.1. The Morgan fingerprint density at radius 1 is 1.17 bits per heavy atom. The van der Waals surface area contributed by atoms with Crippen LogP contribution in [0, 0.1) is 0 Å². The minimum Gasteiger partial charge on any atom is -0.361 e. The van der Waals surface area contributed by atoms with Gasteiger partial charge in [0.15, 0.2) is 5.11 Å². The van der Waals surface area contributed by atoms with Gasteiger partial charge in [0, 0.05) is 22.7 Å². The number of likely N-dealkylation sites (N-methyl/N-ethyl adjacent to an activating group) is 1. The van der Waals surface area contributed by atoms with Crippen molar-refractivity contribution in [1.82, 2.24) is 10.2 Å². The molecule has 0 bridgehead atoms. The van der Waals surface area contributed by atoms with Crippen LogP contribution in [0.25, 0.3) is 11.1 Å². The number of fused-ring (bicyclic) bond motifs is 3. The molecule has 0 saturated carbocycles. The summed E-state index contributed by atoms with van der Waals surface area (Å²) in [4.78, 5) is 2.17. The zero-order valence-corrected chi connectivity index (χ0v) is 16.6. The Morgan fingerprint density at radius 3 is 2.54 bits per heavy atom. The van der Waals surface area contributed by atoms with Gasteiger partial charge in [0.05, 0.1) is 0 Å². The van der Waals surface area contributed by atoms with Crippen LogP contribution in [-0.2, 0) is 6.42 Å². The van der Waals surface area contributed by atoms with Crippen molar-refractivity contribution in [1.29, 1.82) is 0 Å². The van der Waals surface area contributed by atoms with E-state index in [4.69, 9.17) is 12.2 Å². The molecule has 0 fully saturated rings. The van der Waals surface area contributed by atoms with E-state index in [0.717, 1.165) is 23.1 Å². The van der Waals surface area contributed by atoms with Crippen LogP contribution in [0.3, 0.4) is 0 Å². The molecule has 2 N–H and O–H groups in total. The molecule has 0 radical (unpaired) electrons. The number of thiocarbonyl (C=S) groups is 1. The lowest BCUT2D eigenvalue weighted by Crippen LogP contribution is -2.39. The topological polar surface area (TPSA) is 27.3 Å². The Kier molecular flexibility index (Phi) is 5.23. The molecule has 2 aromatic carbocycles. The number of nitrogens with zero attached hydrogens (tertiary/aromatic N) is 1. The predicted molar refractivity (Wildman–Crippen MR) is 110 cm³/mol. The molecule has 2 aromatic rings. The summed E-state index contributed by atoms with van der Waals surface area (Å²) in [7, 11) is 4.14. The van der Waals surface area contributed by atoms with E-state index in [0.29, 0.717) is 11.2 Å². The van der Waals surface area contributed by atoms with E-state index in [9.17, 15) is 0 Å². The molecule has 3 nitrogen and oxygen atoms in total. The number of nitrogens with one attached hydrogen (secondary N) is 2. The van der Waals surface area contributed by atoms with E-state index in [2.05, 4.69) is 88.9 Å². The highest BCUT2D eigenvalue weighted by Crippen LogP contribution is 2.38. The Bertz CT molecular complexity index is 773. The van der Waals surface area contributed by atoms with Gasteiger partial charge in [0.2, 0.25) is 0 Å². The van der Waals surface area contributed by atoms with Crippen molar-refractivity contribution in [2.45, 2.75) is 19.4 Å². The number of benzene rings is 2. The van der Waals surface area contributed by atoms with Gasteiger partial charge in [-0.3, -0.25) is 0 Å². The molecule has 1 aliphatic rings. The third kappa shape index (κ3) is 3.79. The van der Waals surface area contributed by atoms with E-state index < -0.39 is 0 Å². The van der Waals surface area contributed by atoms with E-state index in [1.54, 1.807) is 0 Å². The maximum Gasteiger partial charge on any atom is 0.170 e. The van der Waals surface area contributed by atoms with Crippen LogP contribution >= 0.6 is 28.1 Å². The molecule has 0 spiro atoms. The third-order valence-corrected chi connectivity index (χ3v) is 5.28. The van der Waals surface area contributed by atoms with Gasteiger partial charge in [-0.1, -0.05) is 28.1 Å². The first-order chi connectivity index (χ1) is 11.4. The first-order valence-electron chi connectivity index (χ1n) is 8.07. The molecule has 126 valence electrons. The maximum absolute atomic E-state index is 5.41. The number of halogens is 1. The lowest BCUT2D eigenvalue weighted by molar-refractivity contribution is 0.313. The van der Waals surface area contributed by atoms with Gasteiger partial charge < -0.3 is 15.5 Å². The highest BCUT2D eigenvalue weighted by atomic mass is 79.9. The van der Waals surface area contributed by atoms with Crippen molar-refractivity contribution in [3.8, 4) is 11.1 Å². The van der Waals surface area contributed by atoms with E-state index in [1.165, 1.54) is 22.3 Å². The highest BCUT2D eigenvalue weighted by molar-refractivity contribution is 9.10. The van der Waals surface area contributed by atoms with Gasteiger partial charge in [-0.05, 0) is 86.2 Å². The number of anilines is 1. The summed E-state index contributed by atoms with van der Waals surface area (Å²) in [5, 5.41) is 7.24. The van der Waals surface area contributed by atoms with E-state index >= 15 is 0 Å². The van der Waals surface area contributed by atoms with Crippen LogP contribution < -0.4 is 10.6 Å². The standard InChI is InChI=1S/C19H22BrN3S/c1-12(23(2)3)11-21-19(24)22-16-5-7-18-14(10-16)8-13-9-15(20)4-6-17(13)18/h4-7,9-10,12H,8,11H2,1-3H3,(H2,21,22,24). The second kappa shape index (κ2) is 7.21. The second-order valence-electron chi connectivity index (χ2n) is 6.50. The molecule has 24 heavy (non-hydrogen) atoms. The minimum absolute atomic E-state index is 0.428. The van der Waals surface area contributed by atoms with Crippen molar-refractivity contribution < 1.29 is 0 Å². The van der Waals surface area contributed by atoms with Crippen molar-refractivity contribution in [3.05, 3.63) is 52.0 Å². The minimum atomic E-state index is 0.428. The molecule has 3 rings (SSSR count). The van der Waals surface area contributed by atoms with Crippen LogP contribution in [0.4, 0.5) is 5.69 Å². The normalized spacial score (nSPS) is 13.4. The average Bonchev–Trinajstić information content (AvgIpc) is 2.88. The fourth-order valence-electron chi connectivity index (χ4n) is 2.86. The highest BCUT2D eigenvalue weighted by Gasteiger charge is 2.18. The molecule has 1 atom stereocenters. The molecular formula is C19H22BrN3S. The fraction of sp³-hybridized carbons (Fsp3) is 0.316. The molecular weight excluding hydrogens is 382 g/mol. The lowest BCUT2D eigenvalue weighted by Gasteiger charge is -2.21. The Balaban J connectivity index is 1.67. The quantitative estimate of drug-likeness (QED) is 0.636. The molecule has 1 aliphatic carbocycles. The van der Waals surface area contributed by atoms with E-state index in [1.807, 2.05) is 0 Å². The number of rotatable bonds is 4. The Morgan fingerprint density at radius 2 is 1.83 bits per heavy atom. The molecule has 0 aromatic heterocycles. The third-order valence-electron chi connectivity index (χ3n) is 4.54.